The summed E-state index contributed by atoms with van der Waals surface area (Å²) in [6.45, 7) is 6.09. The zero-order valence-electron chi connectivity index (χ0n) is 11.3. The number of pyridine rings is 1. The molecule has 0 aliphatic carbocycles. The van der Waals surface area contributed by atoms with Gasteiger partial charge in [-0.2, -0.15) is 0 Å². The van der Waals surface area contributed by atoms with Crippen molar-refractivity contribution < 1.29 is 13.5 Å². The van der Waals surface area contributed by atoms with Gasteiger partial charge in [-0.15, -0.1) is 0 Å². The van der Waals surface area contributed by atoms with Crippen LogP contribution in [-0.2, 0) is 0 Å². The summed E-state index contributed by atoms with van der Waals surface area (Å²) >= 11 is 3.11. The van der Waals surface area contributed by atoms with Crippen molar-refractivity contribution in [2.75, 3.05) is 6.61 Å². The maximum absolute atomic E-state index is 12.9. The molecule has 0 saturated carbocycles. The summed E-state index contributed by atoms with van der Waals surface area (Å²) in [6, 6.07) is 1.31. The first kappa shape index (κ1) is 16.3. The van der Waals surface area contributed by atoms with E-state index < -0.39 is 12.0 Å². The fourth-order valence-electron chi connectivity index (χ4n) is 1.94. The lowest BCUT2D eigenvalue weighted by Gasteiger charge is -2.26. The second-order valence-electron chi connectivity index (χ2n) is 5.39. The van der Waals surface area contributed by atoms with Crippen molar-refractivity contribution in [2.45, 2.75) is 39.2 Å². The van der Waals surface area contributed by atoms with E-state index in [4.69, 9.17) is 10.5 Å². The predicted molar refractivity (Wildman–Crippen MR) is 74.4 cm³/mol. The molecule has 3 nitrogen and oxygen atoms in total. The van der Waals surface area contributed by atoms with E-state index in [1.54, 1.807) is 0 Å². The molecular weight excluding hydrogens is 318 g/mol. The first-order chi connectivity index (χ1) is 8.71. The van der Waals surface area contributed by atoms with Gasteiger partial charge in [-0.05, 0) is 41.3 Å². The quantitative estimate of drug-likeness (QED) is 0.856. The van der Waals surface area contributed by atoms with Gasteiger partial charge in [-0.1, -0.05) is 13.8 Å². The average molecular weight is 337 g/mol. The Hall–Kier alpha value is -0.750. The summed E-state index contributed by atoms with van der Waals surface area (Å²) in [5.74, 6) is 0.352. The molecule has 2 N–H and O–H groups in total. The summed E-state index contributed by atoms with van der Waals surface area (Å²) in [4.78, 5) is 3.88. The van der Waals surface area contributed by atoms with Gasteiger partial charge in [-0.25, -0.2) is 13.8 Å². The highest BCUT2D eigenvalue weighted by Gasteiger charge is 2.23. The molecule has 1 heterocycles. The van der Waals surface area contributed by atoms with Crippen LogP contribution in [0.1, 0.15) is 39.2 Å². The van der Waals surface area contributed by atoms with Gasteiger partial charge in [0.05, 0.1) is 5.56 Å². The maximum atomic E-state index is 12.9. The fraction of sp³-hybridized carbons (Fsp3) is 0.615. The van der Waals surface area contributed by atoms with Crippen LogP contribution in [0, 0.1) is 5.92 Å². The van der Waals surface area contributed by atoms with Gasteiger partial charge in [0.25, 0.3) is 6.43 Å². The number of ether oxygens (including phenoxy) is 1. The molecule has 0 aliphatic heterocycles. The van der Waals surface area contributed by atoms with Crippen molar-refractivity contribution in [2.24, 2.45) is 11.7 Å². The minimum absolute atomic E-state index is 0.0568. The van der Waals surface area contributed by atoms with Gasteiger partial charge < -0.3 is 10.5 Å². The monoisotopic (exact) mass is 336 g/mol. The molecule has 1 aromatic rings. The number of nitrogens with two attached hydrogens (primary N) is 1. The van der Waals surface area contributed by atoms with Gasteiger partial charge in [0.2, 0.25) is 5.88 Å². The Morgan fingerprint density at radius 2 is 2.11 bits per heavy atom. The predicted octanol–water partition coefficient (Wildman–Crippen LogP) is 3.92. The Labute approximate surface area is 120 Å². The number of hydrogen-bond donors (Lipinski definition) is 1. The van der Waals surface area contributed by atoms with Crippen molar-refractivity contribution in [1.29, 1.82) is 0 Å². The van der Waals surface area contributed by atoms with Crippen LogP contribution in [0.4, 0.5) is 8.78 Å². The van der Waals surface area contributed by atoms with Crippen LogP contribution < -0.4 is 10.5 Å². The van der Waals surface area contributed by atoms with E-state index in [9.17, 15) is 8.78 Å². The number of halogens is 3. The molecule has 108 valence electrons. The molecule has 1 rings (SSSR count). The highest BCUT2D eigenvalue weighted by atomic mass is 79.9. The first-order valence-corrected chi connectivity index (χ1v) is 6.86. The van der Waals surface area contributed by atoms with Crippen molar-refractivity contribution in [3.63, 3.8) is 0 Å². The Kier molecular flexibility index (Phi) is 5.67. The van der Waals surface area contributed by atoms with Crippen molar-refractivity contribution in [3.05, 3.63) is 22.3 Å². The van der Waals surface area contributed by atoms with Gasteiger partial charge in [0.1, 0.15) is 6.61 Å². The maximum Gasteiger partial charge on any atom is 0.269 e. The topological polar surface area (TPSA) is 48.1 Å². The lowest BCUT2D eigenvalue weighted by Crippen LogP contribution is -2.43. The summed E-state index contributed by atoms with van der Waals surface area (Å²) in [6.07, 6.45) is -0.459. The van der Waals surface area contributed by atoms with Gasteiger partial charge in [0.15, 0.2) is 0 Å². The number of aromatic nitrogens is 1. The molecule has 19 heavy (non-hydrogen) atoms. The highest BCUT2D eigenvalue weighted by molar-refractivity contribution is 9.10. The van der Waals surface area contributed by atoms with Crippen LogP contribution in [0.3, 0.4) is 0 Å². The van der Waals surface area contributed by atoms with E-state index in [2.05, 4.69) is 20.9 Å². The smallest absolute Gasteiger partial charge is 0.269 e. The SMILES string of the molecule is CC(C)C[C@@](C)(N)COc1ncc(Br)cc1C(F)F. The molecule has 0 unspecified atom stereocenters. The van der Waals surface area contributed by atoms with Gasteiger partial charge in [0, 0.05) is 16.2 Å². The van der Waals surface area contributed by atoms with Crippen LogP contribution in [-0.4, -0.2) is 17.1 Å². The third kappa shape index (κ3) is 5.40. The standard InChI is InChI=1S/C13H19BrF2N2O/c1-8(2)5-13(3,17)7-19-12-10(11(15)16)4-9(14)6-18-12/h4,6,8,11H,5,7,17H2,1-3H3/t13-/m1/s1. The minimum atomic E-state index is -2.63. The zero-order valence-corrected chi connectivity index (χ0v) is 12.9. The molecule has 0 fully saturated rings. The second-order valence-corrected chi connectivity index (χ2v) is 6.30. The lowest BCUT2D eigenvalue weighted by molar-refractivity contribution is 0.137. The van der Waals surface area contributed by atoms with E-state index in [-0.39, 0.29) is 18.1 Å². The molecule has 0 aromatic carbocycles. The van der Waals surface area contributed by atoms with E-state index in [0.29, 0.717) is 10.4 Å². The molecule has 1 aromatic heterocycles. The molecule has 1 atom stereocenters. The Morgan fingerprint density at radius 3 is 2.63 bits per heavy atom. The fourth-order valence-corrected chi connectivity index (χ4v) is 2.29. The van der Waals surface area contributed by atoms with Crippen LogP contribution in [0.2, 0.25) is 0 Å². The summed E-state index contributed by atoms with van der Waals surface area (Å²) in [7, 11) is 0. The molecule has 0 spiro atoms. The zero-order chi connectivity index (χ0) is 14.6. The number of rotatable bonds is 6. The molecule has 0 aliphatic rings. The van der Waals surface area contributed by atoms with E-state index in [1.165, 1.54) is 12.3 Å². The van der Waals surface area contributed by atoms with E-state index >= 15 is 0 Å². The van der Waals surface area contributed by atoms with Crippen LogP contribution in [0.15, 0.2) is 16.7 Å². The van der Waals surface area contributed by atoms with Crippen molar-refractivity contribution in [3.8, 4) is 5.88 Å². The number of alkyl halides is 2. The van der Waals surface area contributed by atoms with Crippen LogP contribution >= 0.6 is 15.9 Å². The molecule has 6 heteroatoms. The Bertz CT molecular complexity index is 425. The third-order valence-electron chi connectivity index (χ3n) is 2.49. The van der Waals surface area contributed by atoms with Crippen LogP contribution in [0.25, 0.3) is 0 Å². The Morgan fingerprint density at radius 1 is 1.47 bits per heavy atom. The van der Waals surface area contributed by atoms with Crippen molar-refractivity contribution in [1.82, 2.24) is 4.98 Å². The summed E-state index contributed by atoms with van der Waals surface area (Å²) in [5.41, 5.74) is 5.28. The number of hydrogen-bond acceptors (Lipinski definition) is 3. The lowest BCUT2D eigenvalue weighted by atomic mass is 9.93. The van der Waals surface area contributed by atoms with E-state index in [1.807, 2.05) is 20.8 Å². The molecule has 0 saturated heterocycles. The Balaban J connectivity index is 2.77. The van der Waals surface area contributed by atoms with Crippen molar-refractivity contribution >= 4 is 15.9 Å². The average Bonchev–Trinajstić information content (AvgIpc) is 2.25. The molecule has 0 amide bonds. The summed E-state index contributed by atoms with van der Waals surface area (Å²) in [5, 5.41) is 0. The minimum Gasteiger partial charge on any atom is -0.475 e. The molecular formula is C13H19BrF2N2O. The van der Waals surface area contributed by atoms with E-state index in [0.717, 1.165) is 6.42 Å². The second kappa shape index (κ2) is 6.61. The van der Waals surface area contributed by atoms with Gasteiger partial charge in [-0.3, -0.25) is 0 Å². The largest absolute Gasteiger partial charge is 0.475 e. The normalized spacial score (nSPS) is 14.8. The van der Waals surface area contributed by atoms with Crippen LogP contribution in [0.5, 0.6) is 5.88 Å². The third-order valence-corrected chi connectivity index (χ3v) is 2.93. The molecule has 0 radical (unpaired) electrons. The highest BCUT2D eigenvalue weighted by Crippen LogP contribution is 2.30. The van der Waals surface area contributed by atoms with Gasteiger partial charge >= 0.3 is 0 Å². The summed E-state index contributed by atoms with van der Waals surface area (Å²) < 4.78 is 31.6. The number of nitrogens with zero attached hydrogens (tertiary/aromatic N) is 1. The molecule has 0 bridgehead atoms. The first-order valence-electron chi connectivity index (χ1n) is 6.06.